The zero-order valence-corrected chi connectivity index (χ0v) is 9.27. The smallest absolute Gasteiger partial charge is 0.322 e. The van der Waals surface area contributed by atoms with E-state index in [9.17, 15) is 0 Å². The summed E-state index contributed by atoms with van der Waals surface area (Å²) in [6.07, 6.45) is 3.54. The SMILES string of the molecule is CCCC(CCC)OP(O)(O)=S. The monoisotopic (exact) mass is 212 g/mol. The van der Waals surface area contributed by atoms with Gasteiger partial charge >= 0.3 is 6.72 Å². The lowest BCUT2D eigenvalue weighted by molar-refractivity contribution is 0.150. The van der Waals surface area contributed by atoms with Crippen molar-refractivity contribution in [1.29, 1.82) is 0 Å². The van der Waals surface area contributed by atoms with Gasteiger partial charge in [-0.2, -0.15) is 0 Å². The third kappa shape index (κ3) is 7.19. The predicted molar refractivity (Wildman–Crippen MR) is 53.4 cm³/mol. The van der Waals surface area contributed by atoms with Crippen LogP contribution < -0.4 is 0 Å². The quantitative estimate of drug-likeness (QED) is 0.662. The summed E-state index contributed by atoms with van der Waals surface area (Å²) in [6, 6.07) is 0. The summed E-state index contributed by atoms with van der Waals surface area (Å²) in [5, 5.41) is 0. The van der Waals surface area contributed by atoms with E-state index in [2.05, 4.69) is 11.8 Å². The van der Waals surface area contributed by atoms with E-state index >= 15 is 0 Å². The van der Waals surface area contributed by atoms with Crippen molar-refractivity contribution in [1.82, 2.24) is 0 Å². The van der Waals surface area contributed by atoms with Crippen LogP contribution in [0.2, 0.25) is 0 Å². The minimum Gasteiger partial charge on any atom is -0.325 e. The minimum absolute atomic E-state index is 0.0826. The summed E-state index contributed by atoms with van der Waals surface area (Å²) in [5.41, 5.74) is 0. The van der Waals surface area contributed by atoms with Crippen molar-refractivity contribution in [2.24, 2.45) is 0 Å². The highest BCUT2D eigenvalue weighted by Crippen LogP contribution is 2.39. The first-order chi connectivity index (χ1) is 5.49. The Morgan fingerprint density at radius 1 is 1.25 bits per heavy atom. The van der Waals surface area contributed by atoms with Gasteiger partial charge in [0.05, 0.1) is 6.10 Å². The maximum atomic E-state index is 8.90. The molecule has 0 aliphatic carbocycles. The Balaban J connectivity index is 3.86. The zero-order valence-electron chi connectivity index (χ0n) is 7.56. The van der Waals surface area contributed by atoms with Gasteiger partial charge in [-0.1, -0.05) is 26.7 Å². The van der Waals surface area contributed by atoms with Gasteiger partial charge in [0, 0.05) is 0 Å². The third-order valence-electron chi connectivity index (χ3n) is 1.51. The molecule has 0 aliphatic heterocycles. The first-order valence-electron chi connectivity index (χ1n) is 4.23. The van der Waals surface area contributed by atoms with Crippen molar-refractivity contribution in [3.05, 3.63) is 0 Å². The first kappa shape index (κ1) is 12.5. The second-order valence-corrected chi connectivity index (χ2v) is 5.41. The fraction of sp³-hybridized carbons (Fsp3) is 1.00. The fourth-order valence-electron chi connectivity index (χ4n) is 1.09. The van der Waals surface area contributed by atoms with Gasteiger partial charge in [-0.05, 0) is 24.6 Å². The van der Waals surface area contributed by atoms with Crippen molar-refractivity contribution >= 4 is 18.5 Å². The maximum Gasteiger partial charge on any atom is 0.322 e. The van der Waals surface area contributed by atoms with E-state index in [1.807, 2.05) is 13.8 Å². The van der Waals surface area contributed by atoms with Crippen LogP contribution in [-0.2, 0) is 16.3 Å². The molecule has 0 saturated carbocycles. The van der Waals surface area contributed by atoms with Crippen LogP contribution in [0.15, 0.2) is 0 Å². The van der Waals surface area contributed by atoms with E-state index in [4.69, 9.17) is 14.3 Å². The Bertz CT molecular complexity index is 151. The van der Waals surface area contributed by atoms with Crippen LogP contribution >= 0.6 is 6.72 Å². The molecule has 0 heterocycles. The molecule has 5 heteroatoms. The van der Waals surface area contributed by atoms with Crippen molar-refractivity contribution < 1.29 is 14.3 Å². The van der Waals surface area contributed by atoms with Gasteiger partial charge in [0.25, 0.3) is 0 Å². The van der Waals surface area contributed by atoms with E-state index in [1.165, 1.54) is 0 Å². The Kier molecular flexibility index (Phi) is 6.32. The lowest BCUT2D eigenvalue weighted by atomic mass is 10.1. The summed E-state index contributed by atoms with van der Waals surface area (Å²) >= 11 is 4.39. The van der Waals surface area contributed by atoms with Crippen LogP contribution in [-0.4, -0.2) is 15.9 Å². The summed E-state index contributed by atoms with van der Waals surface area (Å²) < 4.78 is 4.96. The van der Waals surface area contributed by atoms with Crippen LogP contribution in [0.3, 0.4) is 0 Å². The van der Waals surface area contributed by atoms with Gasteiger partial charge in [-0.15, -0.1) is 0 Å². The van der Waals surface area contributed by atoms with Crippen LogP contribution in [0.1, 0.15) is 39.5 Å². The highest BCUT2D eigenvalue weighted by molar-refractivity contribution is 8.06. The average molecular weight is 212 g/mol. The van der Waals surface area contributed by atoms with E-state index in [0.29, 0.717) is 0 Å². The molecule has 0 saturated heterocycles. The van der Waals surface area contributed by atoms with Gasteiger partial charge in [0.1, 0.15) is 0 Å². The van der Waals surface area contributed by atoms with Crippen molar-refractivity contribution in [2.75, 3.05) is 0 Å². The molecule has 3 nitrogen and oxygen atoms in total. The standard InChI is InChI=1S/C7H17O3PS/c1-3-5-7(6-4-2)10-11(8,9)12/h7H,3-6H2,1-2H3,(H2,8,9,12). The molecule has 0 unspecified atom stereocenters. The topological polar surface area (TPSA) is 49.7 Å². The van der Waals surface area contributed by atoms with Crippen LogP contribution in [0.25, 0.3) is 0 Å². The van der Waals surface area contributed by atoms with Gasteiger partial charge in [-0.25, -0.2) is 0 Å². The van der Waals surface area contributed by atoms with E-state index < -0.39 is 6.72 Å². The lowest BCUT2D eigenvalue weighted by Crippen LogP contribution is -2.10. The molecule has 2 N–H and O–H groups in total. The van der Waals surface area contributed by atoms with Gasteiger partial charge in [-0.3, -0.25) is 0 Å². The second-order valence-electron chi connectivity index (χ2n) is 2.80. The molecule has 0 aromatic heterocycles. The molecule has 12 heavy (non-hydrogen) atoms. The highest BCUT2D eigenvalue weighted by atomic mass is 32.5. The fourth-order valence-corrected chi connectivity index (χ4v) is 2.05. The average Bonchev–Trinajstić information content (AvgIpc) is 1.84. The zero-order chi connectivity index (χ0) is 9.61. The van der Waals surface area contributed by atoms with E-state index in [0.717, 1.165) is 25.7 Å². The molecule has 0 bridgehead atoms. The highest BCUT2D eigenvalue weighted by Gasteiger charge is 2.16. The molecule has 0 fully saturated rings. The Morgan fingerprint density at radius 2 is 1.67 bits per heavy atom. The molecule has 0 atom stereocenters. The number of rotatable bonds is 6. The van der Waals surface area contributed by atoms with Crippen LogP contribution in [0.5, 0.6) is 0 Å². The number of hydrogen-bond acceptors (Lipinski definition) is 2. The summed E-state index contributed by atoms with van der Waals surface area (Å²) in [5.74, 6) is 0. The third-order valence-corrected chi connectivity index (χ3v) is 2.34. The second kappa shape index (κ2) is 6.06. The maximum absolute atomic E-state index is 8.90. The van der Waals surface area contributed by atoms with Crippen molar-refractivity contribution in [3.8, 4) is 0 Å². The van der Waals surface area contributed by atoms with Crippen LogP contribution in [0.4, 0.5) is 0 Å². The normalized spacial score (nSPS) is 12.4. The molecular weight excluding hydrogens is 195 g/mol. The summed E-state index contributed by atoms with van der Waals surface area (Å²) in [4.78, 5) is 17.8. The van der Waals surface area contributed by atoms with E-state index in [-0.39, 0.29) is 6.10 Å². The Morgan fingerprint density at radius 3 is 1.92 bits per heavy atom. The molecular formula is C7H17O3PS. The minimum atomic E-state index is -3.45. The first-order valence-corrected chi connectivity index (χ1v) is 6.86. The Hall–Kier alpha value is 0.530. The van der Waals surface area contributed by atoms with Gasteiger partial charge in [0.15, 0.2) is 0 Å². The van der Waals surface area contributed by atoms with Crippen LogP contribution in [0, 0.1) is 0 Å². The largest absolute Gasteiger partial charge is 0.325 e. The lowest BCUT2D eigenvalue weighted by Gasteiger charge is -2.18. The summed E-state index contributed by atoms with van der Waals surface area (Å²) in [7, 11) is 0. The molecule has 0 amide bonds. The number of hydrogen-bond donors (Lipinski definition) is 2. The van der Waals surface area contributed by atoms with Gasteiger partial charge in [0.2, 0.25) is 0 Å². The molecule has 74 valence electrons. The molecule has 0 aromatic rings. The molecule has 0 aliphatic rings. The molecule has 0 aromatic carbocycles. The predicted octanol–water partition coefficient (Wildman–Crippen LogP) is 2.18. The molecule has 0 spiro atoms. The van der Waals surface area contributed by atoms with Crippen molar-refractivity contribution in [3.63, 3.8) is 0 Å². The molecule has 0 rings (SSSR count). The van der Waals surface area contributed by atoms with Gasteiger partial charge < -0.3 is 14.3 Å². The van der Waals surface area contributed by atoms with Crippen molar-refractivity contribution in [2.45, 2.75) is 45.6 Å². The van der Waals surface area contributed by atoms with E-state index in [1.54, 1.807) is 0 Å². The molecule has 0 radical (unpaired) electrons. The Labute approximate surface area is 79.0 Å². The summed E-state index contributed by atoms with van der Waals surface area (Å²) in [6.45, 7) is 0.616.